The maximum Gasteiger partial charge on any atom is 0.259 e. The summed E-state index contributed by atoms with van der Waals surface area (Å²) in [5.74, 6) is 1.45. The number of hydrogen-bond acceptors (Lipinski definition) is 7. The average Bonchev–Trinajstić information content (AvgIpc) is 3.21. The maximum absolute atomic E-state index is 12.2. The standard InChI is InChI=1S/C20H20IN3O6/c1-3-28-19-14(21)6-12(7-17(19)27-2)9-23-24-18(25)10-22-20(26)13-4-5-15-16(8-13)30-11-29-15/h4-9H,3,10-11H2,1-2H3,(H,22,26)(H,24,25). The molecule has 1 heterocycles. The van der Waals surface area contributed by atoms with Crippen LogP contribution in [0.3, 0.4) is 0 Å². The summed E-state index contributed by atoms with van der Waals surface area (Å²) in [5, 5.41) is 6.45. The zero-order valence-electron chi connectivity index (χ0n) is 16.4. The van der Waals surface area contributed by atoms with Crippen LogP contribution in [-0.2, 0) is 4.79 Å². The minimum absolute atomic E-state index is 0.125. The molecule has 0 atom stereocenters. The highest BCUT2D eigenvalue weighted by Crippen LogP contribution is 2.34. The molecule has 0 bridgehead atoms. The number of carbonyl (C=O) groups excluding carboxylic acids is 2. The normalized spacial score (nSPS) is 12.0. The molecule has 1 aliphatic heterocycles. The Morgan fingerprint density at radius 1 is 1.23 bits per heavy atom. The minimum Gasteiger partial charge on any atom is -0.493 e. The number of hydrazone groups is 1. The van der Waals surface area contributed by atoms with Crippen LogP contribution in [0.2, 0.25) is 0 Å². The molecule has 0 spiro atoms. The summed E-state index contributed by atoms with van der Waals surface area (Å²) in [6.45, 7) is 2.31. The number of fused-ring (bicyclic) bond motifs is 1. The third-order valence-corrected chi connectivity index (χ3v) is 4.79. The number of methoxy groups -OCH3 is 1. The van der Waals surface area contributed by atoms with E-state index in [2.05, 4.69) is 38.4 Å². The van der Waals surface area contributed by atoms with Crippen molar-refractivity contribution in [2.75, 3.05) is 27.1 Å². The lowest BCUT2D eigenvalue weighted by molar-refractivity contribution is -0.120. The van der Waals surface area contributed by atoms with Gasteiger partial charge < -0.3 is 24.3 Å². The second-order valence-electron chi connectivity index (χ2n) is 6.01. The van der Waals surface area contributed by atoms with E-state index in [9.17, 15) is 9.59 Å². The molecule has 2 amide bonds. The van der Waals surface area contributed by atoms with Crippen LogP contribution in [0.5, 0.6) is 23.0 Å². The van der Waals surface area contributed by atoms with Gasteiger partial charge in [0, 0.05) is 5.56 Å². The fraction of sp³-hybridized carbons (Fsp3) is 0.250. The summed E-state index contributed by atoms with van der Waals surface area (Å²) in [5.41, 5.74) is 3.47. The van der Waals surface area contributed by atoms with Crippen molar-refractivity contribution in [3.8, 4) is 23.0 Å². The van der Waals surface area contributed by atoms with Crippen molar-refractivity contribution in [2.45, 2.75) is 6.92 Å². The van der Waals surface area contributed by atoms with Gasteiger partial charge >= 0.3 is 0 Å². The summed E-state index contributed by atoms with van der Waals surface area (Å²) in [6, 6.07) is 8.41. The van der Waals surface area contributed by atoms with Gasteiger partial charge in [-0.25, -0.2) is 5.43 Å². The van der Waals surface area contributed by atoms with Crippen LogP contribution in [0, 0.1) is 3.57 Å². The zero-order valence-corrected chi connectivity index (χ0v) is 18.5. The summed E-state index contributed by atoms with van der Waals surface area (Å²) in [7, 11) is 1.56. The van der Waals surface area contributed by atoms with E-state index in [1.54, 1.807) is 31.4 Å². The highest BCUT2D eigenvalue weighted by atomic mass is 127. The van der Waals surface area contributed by atoms with Crippen LogP contribution < -0.4 is 29.7 Å². The number of halogens is 1. The summed E-state index contributed by atoms with van der Waals surface area (Å²) in [4.78, 5) is 24.1. The quantitative estimate of drug-likeness (QED) is 0.311. The molecule has 0 radical (unpaired) electrons. The molecule has 2 aromatic carbocycles. The van der Waals surface area contributed by atoms with E-state index in [-0.39, 0.29) is 13.3 Å². The largest absolute Gasteiger partial charge is 0.493 e. The number of hydrogen-bond donors (Lipinski definition) is 2. The Balaban J connectivity index is 1.52. The van der Waals surface area contributed by atoms with Gasteiger partial charge in [0.2, 0.25) is 6.79 Å². The van der Waals surface area contributed by atoms with E-state index >= 15 is 0 Å². The van der Waals surface area contributed by atoms with E-state index in [0.717, 1.165) is 9.13 Å². The predicted octanol–water partition coefficient (Wildman–Crippen LogP) is 2.31. The Morgan fingerprint density at radius 3 is 2.80 bits per heavy atom. The molecule has 3 rings (SSSR count). The van der Waals surface area contributed by atoms with Gasteiger partial charge in [-0.1, -0.05) is 0 Å². The Hall–Kier alpha value is -3.02. The molecule has 0 saturated heterocycles. The van der Waals surface area contributed by atoms with Crippen molar-refractivity contribution in [2.24, 2.45) is 5.10 Å². The summed E-state index contributed by atoms with van der Waals surface area (Å²) in [6.07, 6.45) is 1.48. The first-order valence-corrected chi connectivity index (χ1v) is 10.1. The van der Waals surface area contributed by atoms with E-state index in [0.29, 0.717) is 35.2 Å². The van der Waals surface area contributed by atoms with E-state index in [1.807, 2.05) is 13.0 Å². The number of carbonyl (C=O) groups is 2. The van der Waals surface area contributed by atoms with Crippen molar-refractivity contribution >= 4 is 40.6 Å². The van der Waals surface area contributed by atoms with E-state index in [4.69, 9.17) is 18.9 Å². The topological polar surface area (TPSA) is 107 Å². The maximum atomic E-state index is 12.2. The lowest BCUT2D eigenvalue weighted by Crippen LogP contribution is -2.34. The molecule has 30 heavy (non-hydrogen) atoms. The van der Waals surface area contributed by atoms with Gasteiger partial charge in [0.15, 0.2) is 23.0 Å². The number of nitrogens with one attached hydrogen (secondary N) is 2. The van der Waals surface area contributed by atoms with Crippen molar-refractivity contribution in [3.63, 3.8) is 0 Å². The van der Waals surface area contributed by atoms with Gasteiger partial charge in [0.1, 0.15) is 0 Å². The van der Waals surface area contributed by atoms with Crippen LogP contribution in [0.1, 0.15) is 22.8 Å². The van der Waals surface area contributed by atoms with Crippen molar-refractivity contribution < 1.29 is 28.5 Å². The minimum atomic E-state index is -0.465. The van der Waals surface area contributed by atoms with Crippen molar-refractivity contribution in [1.82, 2.24) is 10.7 Å². The highest BCUT2D eigenvalue weighted by Gasteiger charge is 2.16. The summed E-state index contributed by atoms with van der Waals surface area (Å²) < 4.78 is 22.2. The second-order valence-corrected chi connectivity index (χ2v) is 7.17. The lowest BCUT2D eigenvalue weighted by atomic mass is 10.2. The molecule has 158 valence electrons. The molecule has 9 nitrogen and oxygen atoms in total. The lowest BCUT2D eigenvalue weighted by Gasteiger charge is -2.12. The Kier molecular flexibility index (Phi) is 7.33. The van der Waals surface area contributed by atoms with Gasteiger partial charge in [-0.3, -0.25) is 9.59 Å². The number of rotatable bonds is 8. The molecular weight excluding hydrogens is 505 g/mol. The highest BCUT2D eigenvalue weighted by molar-refractivity contribution is 14.1. The molecule has 2 N–H and O–H groups in total. The number of benzene rings is 2. The Labute approximate surface area is 186 Å². The first-order chi connectivity index (χ1) is 14.5. The van der Waals surface area contributed by atoms with E-state index in [1.165, 1.54) is 6.21 Å². The van der Waals surface area contributed by atoms with Gasteiger partial charge in [-0.05, 0) is 65.4 Å². The molecule has 0 aliphatic carbocycles. The predicted molar refractivity (Wildman–Crippen MR) is 118 cm³/mol. The van der Waals surface area contributed by atoms with Crippen LogP contribution in [0.15, 0.2) is 35.4 Å². The number of ether oxygens (including phenoxy) is 4. The first kappa shape index (κ1) is 21.7. The first-order valence-electron chi connectivity index (χ1n) is 9.02. The average molecular weight is 525 g/mol. The van der Waals surface area contributed by atoms with E-state index < -0.39 is 11.8 Å². The number of amides is 2. The third kappa shape index (κ3) is 5.32. The summed E-state index contributed by atoms with van der Waals surface area (Å²) >= 11 is 2.14. The fourth-order valence-electron chi connectivity index (χ4n) is 2.62. The Bertz CT molecular complexity index is 979. The second kappa shape index (κ2) is 10.1. The molecule has 0 unspecified atom stereocenters. The molecule has 1 aliphatic rings. The van der Waals surface area contributed by atoms with Gasteiger partial charge in [-0.15, -0.1) is 0 Å². The molecular formula is C20H20IN3O6. The van der Waals surface area contributed by atoms with Crippen LogP contribution >= 0.6 is 22.6 Å². The van der Waals surface area contributed by atoms with Gasteiger partial charge in [0.25, 0.3) is 11.8 Å². The number of nitrogens with zero attached hydrogens (tertiary/aromatic N) is 1. The SMILES string of the molecule is CCOc1c(I)cc(C=NNC(=O)CNC(=O)c2ccc3c(c2)OCO3)cc1OC. The van der Waals surface area contributed by atoms with Crippen LogP contribution in [0.25, 0.3) is 0 Å². The third-order valence-electron chi connectivity index (χ3n) is 3.99. The monoisotopic (exact) mass is 525 g/mol. The smallest absolute Gasteiger partial charge is 0.259 e. The molecule has 2 aromatic rings. The molecule has 10 heteroatoms. The van der Waals surface area contributed by atoms with Gasteiger partial charge in [0.05, 0.1) is 30.0 Å². The fourth-order valence-corrected chi connectivity index (χ4v) is 3.40. The van der Waals surface area contributed by atoms with Crippen molar-refractivity contribution in [3.05, 3.63) is 45.0 Å². The molecule has 0 fully saturated rings. The van der Waals surface area contributed by atoms with Crippen LogP contribution in [-0.4, -0.2) is 45.1 Å². The van der Waals surface area contributed by atoms with Gasteiger partial charge in [-0.2, -0.15) is 5.10 Å². The van der Waals surface area contributed by atoms with Crippen LogP contribution in [0.4, 0.5) is 0 Å². The Morgan fingerprint density at radius 2 is 2.03 bits per heavy atom. The zero-order chi connectivity index (χ0) is 21.5. The molecule has 0 aromatic heterocycles. The molecule has 0 saturated carbocycles. The van der Waals surface area contributed by atoms with Crippen molar-refractivity contribution in [1.29, 1.82) is 0 Å².